The largest absolute Gasteiger partial charge is 0.462 e. The fourth-order valence-corrected chi connectivity index (χ4v) is 5.46. The number of aromatic nitrogens is 2. The van der Waals surface area contributed by atoms with E-state index in [1.807, 2.05) is 6.92 Å². The highest BCUT2D eigenvalue weighted by atomic mass is 35.5. The Morgan fingerprint density at radius 2 is 1.97 bits per heavy atom. The first-order valence-electron chi connectivity index (χ1n) is 11.2. The number of ether oxygens (including phenoxy) is 2. The number of hydrogen-bond acceptors (Lipinski definition) is 8. The molecule has 36 heavy (non-hydrogen) atoms. The molecule has 0 saturated carbocycles. The van der Waals surface area contributed by atoms with Crippen LogP contribution >= 0.6 is 30.9 Å². The maximum atomic E-state index is 13.6. The number of hydrogen-bond donors (Lipinski definition) is 2. The lowest BCUT2D eigenvalue weighted by Gasteiger charge is -2.24. The molecule has 3 rings (SSSR count). The summed E-state index contributed by atoms with van der Waals surface area (Å²) in [7, 11) is -4.14. The molecule has 0 bridgehead atoms. The van der Waals surface area contributed by atoms with E-state index in [0.717, 1.165) is 10.6 Å². The van der Waals surface area contributed by atoms with Crippen molar-refractivity contribution in [1.82, 2.24) is 14.6 Å². The van der Waals surface area contributed by atoms with E-state index in [-0.39, 0.29) is 24.9 Å². The summed E-state index contributed by atoms with van der Waals surface area (Å²) in [5.74, 6) is -0.384. The SMILES string of the molecule is CC[C@@H](C)OC(=O)[C@H](C)NP(=O)(OC[C@@H]1CC(Cl)(Cl)[C@H](n2ccc(=O)[nH]c2=O)O1)Oc1ccccc1. The molecule has 5 atom stereocenters. The first-order chi connectivity index (χ1) is 16.9. The monoisotopic (exact) mass is 563 g/mol. The van der Waals surface area contributed by atoms with Crippen LogP contribution in [0.5, 0.6) is 5.75 Å². The zero-order chi connectivity index (χ0) is 26.5. The van der Waals surface area contributed by atoms with Gasteiger partial charge in [-0.1, -0.05) is 48.3 Å². The van der Waals surface area contributed by atoms with Crippen molar-refractivity contribution in [1.29, 1.82) is 0 Å². The van der Waals surface area contributed by atoms with Crippen molar-refractivity contribution in [3.05, 3.63) is 63.4 Å². The number of carbonyl (C=O) groups excluding carboxylic acids is 1. The molecule has 2 aromatic rings. The minimum atomic E-state index is -4.14. The number of nitrogens with one attached hydrogen (secondary N) is 2. The summed E-state index contributed by atoms with van der Waals surface area (Å²) in [6.07, 6.45) is -0.443. The summed E-state index contributed by atoms with van der Waals surface area (Å²) in [6.45, 7) is 4.78. The van der Waals surface area contributed by atoms with Gasteiger partial charge in [-0.3, -0.25) is 23.7 Å². The van der Waals surface area contributed by atoms with E-state index < -0.39 is 47.7 Å². The lowest BCUT2D eigenvalue weighted by Crippen LogP contribution is -2.37. The number of rotatable bonds is 11. The molecule has 14 heteroatoms. The van der Waals surface area contributed by atoms with Gasteiger partial charge in [0.25, 0.3) is 5.56 Å². The first kappa shape index (κ1) is 28.4. The fraction of sp³-hybridized carbons (Fsp3) is 0.500. The summed E-state index contributed by atoms with van der Waals surface area (Å²) in [6, 6.07) is 8.38. The number of H-pyrrole nitrogens is 1. The molecule has 1 unspecified atom stereocenters. The average Bonchev–Trinajstić information content (AvgIpc) is 3.12. The minimum Gasteiger partial charge on any atom is -0.462 e. The highest BCUT2D eigenvalue weighted by Gasteiger charge is 2.48. The average molecular weight is 564 g/mol. The summed E-state index contributed by atoms with van der Waals surface area (Å²) < 4.78 is 35.5. The predicted octanol–water partition coefficient (Wildman–Crippen LogP) is 3.52. The number of nitrogens with zero attached hydrogens (tertiary/aromatic N) is 1. The van der Waals surface area contributed by atoms with E-state index in [1.54, 1.807) is 37.3 Å². The number of alkyl halides is 2. The van der Waals surface area contributed by atoms with Gasteiger partial charge in [0.1, 0.15) is 11.8 Å². The molecule has 1 aromatic carbocycles. The van der Waals surface area contributed by atoms with Crippen molar-refractivity contribution >= 4 is 36.9 Å². The van der Waals surface area contributed by atoms with Crippen LogP contribution in [0.2, 0.25) is 0 Å². The summed E-state index contributed by atoms with van der Waals surface area (Å²) in [5, 5.41) is 2.59. The molecule has 1 fully saturated rings. The van der Waals surface area contributed by atoms with Gasteiger partial charge in [0.05, 0.1) is 18.8 Å². The number of benzene rings is 1. The van der Waals surface area contributed by atoms with Crippen molar-refractivity contribution in [2.75, 3.05) is 6.61 Å². The van der Waals surface area contributed by atoms with Gasteiger partial charge in [-0.25, -0.2) is 9.36 Å². The Morgan fingerprint density at radius 3 is 2.61 bits per heavy atom. The number of esters is 1. The standard InChI is InChI=1S/C22H28Cl2N3O8P/c1-4-14(2)33-19(29)15(3)26-36(31,35-16-8-6-5-7-9-16)32-13-17-12-22(23,24)20(34-17)27-11-10-18(28)25-21(27)30/h5-11,14-15,17,20H,4,12-13H2,1-3H3,(H,26,31)(H,25,28,30)/t14-,15+,17+,20-,36?/m1/s1. The molecule has 1 aliphatic heterocycles. The highest BCUT2D eigenvalue weighted by molar-refractivity contribution is 7.52. The van der Waals surface area contributed by atoms with Crippen LogP contribution in [-0.4, -0.2) is 44.7 Å². The fourth-order valence-electron chi connectivity index (χ4n) is 3.28. The summed E-state index contributed by atoms with van der Waals surface area (Å²) >= 11 is 12.8. The maximum absolute atomic E-state index is 13.6. The molecule has 2 N–H and O–H groups in total. The van der Waals surface area contributed by atoms with Crippen molar-refractivity contribution in [3.63, 3.8) is 0 Å². The van der Waals surface area contributed by atoms with E-state index in [4.69, 9.17) is 41.7 Å². The van der Waals surface area contributed by atoms with E-state index in [9.17, 15) is 18.9 Å². The smallest absolute Gasteiger partial charge is 0.459 e. The topological polar surface area (TPSA) is 138 Å². The van der Waals surface area contributed by atoms with Gasteiger partial charge in [-0.05, 0) is 32.4 Å². The highest BCUT2D eigenvalue weighted by Crippen LogP contribution is 2.49. The van der Waals surface area contributed by atoms with Gasteiger partial charge in [-0.15, -0.1) is 0 Å². The third kappa shape index (κ3) is 7.44. The summed E-state index contributed by atoms with van der Waals surface area (Å²) in [4.78, 5) is 38.1. The number of carbonyl (C=O) groups is 1. The van der Waals surface area contributed by atoms with Crippen LogP contribution in [0.4, 0.5) is 0 Å². The van der Waals surface area contributed by atoms with Gasteiger partial charge in [0.15, 0.2) is 10.6 Å². The second-order valence-electron chi connectivity index (χ2n) is 8.30. The molecule has 198 valence electrons. The third-order valence-corrected chi connectivity index (χ3v) is 7.61. The van der Waals surface area contributed by atoms with Gasteiger partial charge in [-0.2, -0.15) is 5.09 Å². The van der Waals surface area contributed by atoms with Gasteiger partial charge >= 0.3 is 19.4 Å². The Bertz CT molecular complexity index is 1210. The molecule has 2 heterocycles. The van der Waals surface area contributed by atoms with Crippen LogP contribution in [0.3, 0.4) is 0 Å². The van der Waals surface area contributed by atoms with Gasteiger partial charge in [0.2, 0.25) is 0 Å². The molecular weight excluding hydrogens is 536 g/mol. The second kappa shape index (κ2) is 11.9. The van der Waals surface area contributed by atoms with E-state index in [1.165, 1.54) is 13.1 Å². The lowest BCUT2D eigenvalue weighted by atomic mass is 10.2. The van der Waals surface area contributed by atoms with E-state index >= 15 is 0 Å². The van der Waals surface area contributed by atoms with Crippen LogP contribution in [0.15, 0.2) is 52.2 Å². The Balaban J connectivity index is 1.74. The van der Waals surface area contributed by atoms with Gasteiger partial charge < -0.3 is 14.0 Å². The quantitative estimate of drug-likeness (QED) is 0.239. The zero-order valence-electron chi connectivity index (χ0n) is 19.9. The molecule has 1 saturated heterocycles. The van der Waals surface area contributed by atoms with Crippen LogP contribution in [0.1, 0.15) is 39.8 Å². The molecule has 0 spiro atoms. The van der Waals surface area contributed by atoms with Crippen molar-refractivity contribution < 1.29 is 27.9 Å². The lowest BCUT2D eigenvalue weighted by molar-refractivity contribution is -0.150. The second-order valence-corrected chi connectivity index (χ2v) is 11.5. The van der Waals surface area contributed by atoms with Crippen LogP contribution in [0, 0.1) is 0 Å². The number of para-hydroxylation sites is 1. The Morgan fingerprint density at radius 1 is 1.28 bits per heavy atom. The first-order valence-corrected chi connectivity index (χ1v) is 13.5. The third-order valence-electron chi connectivity index (χ3n) is 5.28. The van der Waals surface area contributed by atoms with Crippen molar-refractivity contribution in [3.8, 4) is 5.75 Å². The van der Waals surface area contributed by atoms with Crippen LogP contribution in [0.25, 0.3) is 0 Å². The molecule has 0 amide bonds. The van der Waals surface area contributed by atoms with Crippen molar-refractivity contribution in [2.24, 2.45) is 0 Å². The predicted molar refractivity (Wildman–Crippen MR) is 133 cm³/mol. The van der Waals surface area contributed by atoms with Gasteiger partial charge in [0, 0.05) is 18.7 Å². The number of halogens is 2. The normalized spacial score (nSPS) is 22.4. The zero-order valence-corrected chi connectivity index (χ0v) is 22.3. The molecule has 11 nitrogen and oxygen atoms in total. The molecular formula is C22H28Cl2N3O8P. The molecule has 1 aromatic heterocycles. The van der Waals surface area contributed by atoms with E-state index in [2.05, 4.69) is 10.1 Å². The molecule has 0 radical (unpaired) electrons. The van der Waals surface area contributed by atoms with Crippen molar-refractivity contribution in [2.45, 2.75) is 62.4 Å². The number of aromatic amines is 1. The van der Waals surface area contributed by atoms with Crippen LogP contribution in [-0.2, 0) is 23.4 Å². The Labute approximate surface area is 217 Å². The summed E-state index contributed by atoms with van der Waals surface area (Å²) in [5.41, 5.74) is -1.34. The van der Waals surface area contributed by atoms with Crippen LogP contribution < -0.4 is 20.9 Å². The Hall–Kier alpha value is -2.14. The Kier molecular flexibility index (Phi) is 9.43. The minimum absolute atomic E-state index is 0.00327. The maximum Gasteiger partial charge on any atom is 0.459 e. The molecule has 0 aliphatic carbocycles. The molecule has 1 aliphatic rings. The van der Waals surface area contributed by atoms with E-state index in [0.29, 0.717) is 6.42 Å².